The molecule has 1 aliphatic carbocycles. The summed E-state index contributed by atoms with van der Waals surface area (Å²) in [5.74, 6) is 0.0711. The molecule has 2 amide bonds. The Labute approximate surface area is 187 Å². The molecule has 0 aromatic heterocycles. The van der Waals surface area contributed by atoms with E-state index < -0.39 is 0 Å². The fraction of sp³-hybridized carbons (Fsp3) is 0.458. The molecule has 3 aliphatic rings. The first kappa shape index (κ1) is 20.7. The van der Waals surface area contributed by atoms with Crippen molar-refractivity contribution < 1.29 is 9.18 Å². The van der Waals surface area contributed by atoms with Crippen molar-refractivity contribution in [3.05, 3.63) is 70.0 Å². The molecule has 2 aliphatic heterocycles. The van der Waals surface area contributed by atoms with Crippen LogP contribution in [0.3, 0.4) is 0 Å². The van der Waals surface area contributed by atoms with Gasteiger partial charge in [0.25, 0.3) is 0 Å². The summed E-state index contributed by atoms with van der Waals surface area (Å²) in [6, 6.07) is 13.5. The summed E-state index contributed by atoms with van der Waals surface area (Å²) in [5, 5.41) is 3.63. The molecule has 2 fully saturated rings. The van der Waals surface area contributed by atoms with Crippen molar-refractivity contribution in [3.8, 4) is 0 Å². The van der Waals surface area contributed by atoms with E-state index in [1.807, 2.05) is 23.1 Å². The van der Waals surface area contributed by atoms with Crippen LogP contribution in [0.15, 0.2) is 42.5 Å². The van der Waals surface area contributed by atoms with Crippen molar-refractivity contribution >= 4 is 17.6 Å². The van der Waals surface area contributed by atoms with Gasteiger partial charge in [0.15, 0.2) is 0 Å². The molecule has 5 nitrogen and oxygen atoms in total. The Morgan fingerprint density at radius 1 is 0.968 bits per heavy atom. The zero-order valence-electron chi connectivity index (χ0n) is 17.6. The number of benzene rings is 2. The molecule has 0 unspecified atom stereocenters. The number of amides is 2. The molecule has 0 saturated carbocycles. The maximum Gasteiger partial charge on any atom is 0.317 e. The minimum atomic E-state index is -0.197. The van der Waals surface area contributed by atoms with Gasteiger partial charge in [0.1, 0.15) is 5.82 Å². The fourth-order valence-corrected chi connectivity index (χ4v) is 5.45. The van der Waals surface area contributed by atoms with Gasteiger partial charge in [-0.25, -0.2) is 9.18 Å². The van der Waals surface area contributed by atoms with Crippen molar-refractivity contribution in [3.63, 3.8) is 0 Å². The quantitative estimate of drug-likeness (QED) is 0.767. The van der Waals surface area contributed by atoms with Crippen molar-refractivity contribution in [1.82, 2.24) is 20.0 Å². The highest BCUT2D eigenvalue weighted by atomic mass is 35.5. The first-order chi connectivity index (χ1) is 15.1. The number of hydrogen-bond acceptors (Lipinski definition) is 3. The van der Waals surface area contributed by atoms with Crippen LogP contribution < -0.4 is 5.32 Å². The number of halogens is 2. The molecule has 5 rings (SSSR count). The van der Waals surface area contributed by atoms with Gasteiger partial charge in [0.05, 0.1) is 0 Å². The molecule has 2 saturated heterocycles. The Bertz CT molecular complexity index is 945. The van der Waals surface area contributed by atoms with Gasteiger partial charge in [-0.3, -0.25) is 9.80 Å². The third-order valence-electron chi connectivity index (χ3n) is 6.99. The lowest BCUT2D eigenvalue weighted by Crippen LogP contribution is -2.49. The van der Waals surface area contributed by atoms with E-state index in [-0.39, 0.29) is 17.8 Å². The molecule has 2 heterocycles. The molecule has 0 radical (unpaired) electrons. The van der Waals surface area contributed by atoms with E-state index in [4.69, 9.17) is 11.6 Å². The number of nitrogens with zero attached hydrogens (tertiary/aromatic N) is 3. The monoisotopic (exact) mass is 442 g/mol. The van der Waals surface area contributed by atoms with Crippen LogP contribution in [0.1, 0.15) is 35.1 Å². The Balaban J connectivity index is 1.26. The lowest BCUT2D eigenvalue weighted by molar-refractivity contribution is 0.0905. The van der Waals surface area contributed by atoms with E-state index in [1.165, 1.54) is 11.1 Å². The highest BCUT2D eigenvalue weighted by molar-refractivity contribution is 6.30. The summed E-state index contributed by atoms with van der Waals surface area (Å²) in [6.07, 6.45) is 0.995. The number of hydrogen-bond donors (Lipinski definition) is 1. The van der Waals surface area contributed by atoms with Gasteiger partial charge in [-0.05, 0) is 47.4 Å². The van der Waals surface area contributed by atoms with Gasteiger partial charge < -0.3 is 10.2 Å². The second-order valence-corrected chi connectivity index (χ2v) is 9.16. The van der Waals surface area contributed by atoms with E-state index >= 15 is 0 Å². The van der Waals surface area contributed by atoms with Crippen LogP contribution in [0.5, 0.6) is 0 Å². The first-order valence-corrected chi connectivity index (χ1v) is 11.5. The summed E-state index contributed by atoms with van der Waals surface area (Å²) >= 11 is 6.37. The zero-order chi connectivity index (χ0) is 21.4. The van der Waals surface area contributed by atoms with Crippen LogP contribution in [0.25, 0.3) is 0 Å². The minimum absolute atomic E-state index is 0.0601. The predicted octanol–water partition coefficient (Wildman–Crippen LogP) is 3.70. The molecule has 1 N–H and O–H groups in total. The second-order valence-electron chi connectivity index (χ2n) is 8.73. The van der Waals surface area contributed by atoms with Crippen molar-refractivity contribution in [2.24, 2.45) is 0 Å². The van der Waals surface area contributed by atoms with Crippen molar-refractivity contribution in [1.29, 1.82) is 0 Å². The summed E-state index contributed by atoms with van der Waals surface area (Å²) in [4.78, 5) is 18.7. The number of piperazine rings is 1. The van der Waals surface area contributed by atoms with Crippen LogP contribution >= 0.6 is 11.6 Å². The number of nitrogens with one attached hydrogen (secondary N) is 1. The van der Waals surface area contributed by atoms with Crippen LogP contribution in [0.2, 0.25) is 5.02 Å². The van der Waals surface area contributed by atoms with E-state index in [2.05, 4.69) is 27.2 Å². The van der Waals surface area contributed by atoms with Gasteiger partial charge >= 0.3 is 6.03 Å². The number of fused-ring (bicyclic) bond motifs is 1. The Hall–Kier alpha value is -2.15. The Morgan fingerprint density at radius 3 is 2.45 bits per heavy atom. The fourth-order valence-electron chi connectivity index (χ4n) is 5.27. The van der Waals surface area contributed by atoms with Gasteiger partial charge in [-0.15, -0.1) is 0 Å². The maximum absolute atomic E-state index is 13.5. The second kappa shape index (κ2) is 8.77. The van der Waals surface area contributed by atoms with E-state index in [9.17, 15) is 9.18 Å². The van der Waals surface area contributed by atoms with Crippen LogP contribution in [-0.4, -0.2) is 73.1 Å². The normalized spacial score (nSPS) is 24.5. The van der Waals surface area contributed by atoms with Crippen LogP contribution in [-0.2, 0) is 0 Å². The zero-order valence-corrected chi connectivity index (χ0v) is 18.3. The summed E-state index contributed by atoms with van der Waals surface area (Å²) in [7, 11) is 0. The molecule has 2 aromatic carbocycles. The third-order valence-corrected chi connectivity index (χ3v) is 7.23. The van der Waals surface area contributed by atoms with E-state index in [0.717, 1.165) is 69.4 Å². The van der Waals surface area contributed by atoms with Gasteiger partial charge in [-0.2, -0.15) is 0 Å². The average Bonchev–Trinajstić information content (AvgIpc) is 3.36. The van der Waals surface area contributed by atoms with Crippen molar-refractivity contribution in [2.45, 2.75) is 18.4 Å². The number of carbonyl (C=O) groups is 1. The Morgan fingerprint density at radius 2 is 1.74 bits per heavy atom. The van der Waals surface area contributed by atoms with Gasteiger partial charge in [0, 0.05) is 69.3 Å². The maximum atomic E-state index is 13.5. The lowest BCUT2D eigenvalue weighted by Gasteiger charge is -2.39. The molecule has 2 aromatic rings. The van der Waals surface area contributed by atoms with Crippen molar-refractivity contribution in [2.75, 3.05) is 52.4 Å². The molecule has 0 spiro atoms. The Kier molecular flexibility index (Phi) is 5.87. The standard InChI is InChI=1S/C24H28ClFN4O/c25-18-3-6-20-21(17-1-4-19(26)5-2-17)16-23(22(20)15-18)29-12-9-28(10-13-29)11-14-30-8-7-27-24(30)31/h1-6,15,21,23H,7-14,16H2,(H,27,31)/t21-,23+/m0/s1. The summed E-state index contributed by atoms with van der Waals surface area (Å²) in [5.41, 5.74) is 3.78. The summed E-state index contributed by atoms with van der Waals surface area (Å²) in [6.45, 7) is 7.28. The average molecular weight is 443 g/mol. The van der Waals surface area contributed by atoms with Crippen LogP contribution in [0, 0.1) is 5.82 Å². The predicted molar refractivity (Wildman–Crippen MR) is 120 cm³/mol. The molecular formula is C24H28ClFN4O. The molecule has 7 heteroatoms. The molecule has 2 atom stereocenters. The van der Waals surface area contributed by atoms with Gasteiger partial charge in [-0.1, -0.05) is 29.8 Å². The summed E-state index contributed by atoms with van der Waals surface area (Å²) < 4.78 is 13.5. The molecule has 0 bridgehead atoms. The smallest absolute Gasteiger partial charge is 0.317 e. The SMILES string of the molecule is O=C1NCCN1CCN1CCN([C@@H]2C[C@@H](c3ccc(F)cc3)c3ccc(Cl)cc32)CC1. The third kappa shape index (κ3) is 4.29. The largest absolute Gasteiger partial charge is 0.336 e. The first-order valence-electron chi connectivity index (χ1n) is 11.1. The molecule has 164 valence electrons. The highest BCUT2D eigenvalue weighted by Crippen LogP contribution is 2.47. The van der Waals surface area contributed by atoms with E-state index in [1.54, 1.807) is 12.1 Å². The topological polar surface area (TPSA) is 38.8 Å². The van der Waals surface area contributed by atoms with Crippen LogP contribution in [0.4, 0.5) is 9.18 Å². The number of carbonyl (C=O) groups excluding carboxylic acids is 1. The lowest BCUT2D eigenvalue weighted by atomic mass is 9.93. The molecule has 31 heavy (non-hydrogen) atoms. The molecular weight excluding hydrogens is 415 g/mol. The number of urea groups is 1. The van der Waals surface area contributed by atoms with E-state index in [0.29, 0.717) is 6.04 Å². The minimum Gasteiger partial charge on any atom is -0.336 e. The van der Waals surface area contributed by atoms with Gasteiger partial charge in [0.2, 0.25) is 0 Å². The highest BCUT2D eigenvalue weighted by Gasteiger charge is 2.36. The number of rotatable bonds is 5.